The third-order valence-electron chi connectivity index (χ3n) is 3.19. The number of benzene rings is 1. The van der Waals surface area contributed by atoms with E-state index < -0.39 is 0 Å². The second kappa shape index (κ2) is 4.78. The first-order valence-electron chi connectivity index (χ1n) is 5.96. The standard InChI is InChI=1S/C13H14ClN3S/c14-13-16-7-11(18-13)8-17-5-1-2-9-6-10(15)3-4-12(9)17/h3-4,6-7H,1-2,5,8,15H2. The zero-order chi connectivity index (χ0) is 12.5. The Bertz CT molecular complexity index is 567. The van der Waals surface area contributed by atoms with Crippen molar-refractivity contribution in [2.75, 3.05) is 17.2 Å². The van der Waals surface area contributed by atoms with Crippen molar-refractivity contribution in [3.05, 3.63) is 39.3 Å². The molecular formula is C13H14ClN3S. The van der Waals surface area contributed by atoms with Gasteiger partial charge in [0.1, 0.15) is 0 Å². The van der Waals surface area contributed by atoms with Gasteiger partial charge in [-0.3, -0.25) is 0 Å². The topological polar surface area (TPSA) is 42.1 Å². The van der Waals surface area contributed by atoms with Gasteiger partial charge in [0.2, 0.25) is 0 Å². The molecule has 0 unspecified atom stereocenters. The SMILES string of the molecule is Nc1ccc2c(c1)CCCN2Cc1cnc(Cl)s1. The first-order valence-corrected chi connectivity index (χ1v) is 7.15. The molecule has 2 N–H and O–H groups in total. The minimum Gasteiger partial charge on any atom is -0.399 e. The molecule has 0 bridgehead atoms. The summed E-state index contributed by atoms with van der Waals surface area (Å²) in [5, 5.41) is 0. The Balaban J connectivity index is 1.87. The van der Waals surface area contributed by atoms with Gasteiger partial charge >= 0.3 is 0 Å². The number of halogens is 1. The van der Waals surface area contributed by atoms with E-state index in [4.69, 9.17) is 17.3 Å². The summed E-state index contributed by atoms with van der Waals surface area (Å²) in [6, 6.07) is 6.17. The van der Waals surface area contributed by atoms with E-state index in [1.165, 1.54) is 22.5 Å². The molecular weight excluding hydrogens is 266 g/mol. The maximum Gasteiger partial charge on any atom is 0.183 e. The summed E-state index contributed by atoms with van der Waals surface area (Å²) in [4.78, 5) is 7.67. The molecule has 18 heavy (non-hydrogen) atoms. The number of aromatic nitrogens is 1. The van der Waals surface area contributed by atoms with E-state index in [2.05, 4.69) is 22.0 Å². The quantitative estimate of drug-likeness (QED) is 0.858. The second-order valence-corrected chi connectivity index (χ2v) is 6.19. The molecule has 1 aliphatic rings. The first kappa shape index (κ1) is 11.8. The van der Waals surface area contributed by atoms with E-state index in [9.17, 15) is 0 Å². The molecule has 0 amide bonds. The van der Waals surface area contributed by atoms with Gasteiger partial charge in [-0.05, 0) is 36.6 Å². The third kappa shape index (κ3) is 2.31. The average Bonchev–Trinajstić information content (AvgIpc) is 2.75. The number of nitrogen functional groups attached to an aromatic ring is 1. The summed E-state index contributed by atoms with van der Waals surface area (Å²) in [6.45, 7) is 1.95. The average molecular weight is 280 g/mol. The number of hydrogen-bond donors (Lipinski definition) is 1. The molecule has 1 aromatic carbocycles. The summed E-state index contributed by atoms with van der Waals surface area (Å²) in [6.07, 6.45) is 4.14. The van der Waals surface area contributed by atoms with Crippen LogP contribution in [0.4, 0.5) is 11.4 Å². The maximum absolute atomic E-state index is 5.87. The lowest BCUT2D eigenvalue weighted by molar-refractivity contribution is 0.695. The zero-order valence-corrected chi connectivity index (χ0v) is 11.5. The Morgan fingerprint density at radius 1 is 1.44 bits per heavy atom. The Hall–Kier alpha value is -1.26. The molecule has 0 aliphatic carbocycles. The third-order valence-corrected chi connectivity index (χ3v) is 4.29. The minimum atomic E-state index is 0.611. The van der Waals surface area contributed by atoms with Crippen molar-refractivity contribution < 1.29 is 0 Å². The molecule has 1 aromatic heterocycles. The van der Waals surface area contributed by atoms with Gasteiger partial charge in [0, 0.05) is 29.0 Å². The lowest BCUT2D eigenvalue weighted by Gasteiger charge is -2.31. The molecule has 0 saturated heterocycles. The van der Waals surface area contributed by atoms with Gasteiger partial charge in [-0.15, -0.1) is 11.3 Å². The van der Waals surface area contributed by atoms with Gasteiger partial charge in [-0.1, -0.05) is 11.6 Å². The largest absolute Gasteiger partial charge is 0.399 e. The van der Waals surface area contributed by atoms with Gasteiger partial charge in [0.25, 0.3) is 0 Å². The van der Waals surface area contributed by atoms with Crippen LogP contribution in [-0.2, 0) is 13.0 Å². The van der Waals surface area contributed by atoms with Crippen LogP contribution in [0.3, 0.4) is 0 Å². The van der Waals surface area contributed by atoms with Crippen LogP contribution in [0.25, 0.3) is 0 Å². The highest BCUT2D eigenvalue weighted by molar-refractivity contribution is 7.15. The highest BCUT2D eigenvalue weighted by Crippen LogP contribution is 2.31. The number of anilines is 2. The summed E-state index contributed by atoms with van der Waals surface area (Å²) in [5.41, 5.74) is 9.32. The molecule has 0 fully saturated rings. The van der Waals surface area contributed by atoms with Crippen LogP contribution in [0.2, 0.25) is 4.47 Å². The van der Waals surface area contributed by atoms with Crippen LogP contribution >= 0.6 is 22.9 Å². The first-order chi connectivity index (χ1) is 8.72. The van der Waals surface area contributed by atoms with Crippen LogP contribution in [0.15, 0.2) is 24.4 Å². The van der Waals surface area contributed by atoms with E-state index in [-0.39, 0.29) is 0 Å². The fourth-order valence-electron chi connectivity index (χ4n) is 2.40. The summed E-state index contributed by atoms with van der Waals surface area (Å²) >= 11 is 7.42. The van der Waals surface area contributed by atoms with Gasteiger partial charge in [-0.2, -0.15) is 0 Å². The molecule has 3 rings (SSSR count). The molecule has 0 radical (unpaired) electrons. The molecule has 2 heterocycles. The highest BCUT2D eigenvalue weighted by Gasteiger charge is 2.17. The molecule has 5 heteroatoms. The molecule has 0 atom stereocenters. The van der Waals surface area contributed by atoms with Crippen molar-refractivity contribution in [1.29, 1.82) is 0 Å². The van der Waals surface area contributed by atoms with E-state index in [1.54, 1.807) is 11.3 Å². The van der Waals surface area contributed by atoms with E-state index in [0.717, 1.165) is 25.2 Å². The van der Waals surface area contributed by atoms with Gasteiger partial charge < -0.3 is 10.6 Å². The maximum atomic E-state index is 5.87. The predicted molar refractivity (Wildman–Crippen MR) is 77.3 cm³/mol. The van der Waals surface area contributed by atoms with Crippen LogP contribution in [0.5, 0.6) is 0 Å². The fraction of sp³-hybridized carbons (Fsp3) is 0.308. The smallest absolute Gasteiger partial charge is 0.183 e. The van der Waals surface area contributed by atoms with Crippen molar-refractivity contribution in [1.82, 2.24) is 4.98 Å². The molecule has 2 aromatic rings. The molecule has 1 aliphatic heterocycles. The fourth-order valence-corrected chi connectivity index (χ4v) is 3.40. The van der Waals surface area contributed by atoms with E-state index >= 15 is 0 Å². The number of aryl methyl sites for hydroxylation is 1. The van der Waals surface area contributed by atoms with Crippen molar-refractivity contribution in [2.45, 2.75) is 19.4 Å². The van der Waals surface area contributed by atoms with Crippen molar-refractivity contribution in [3.63, 3.8) is 0 Å². The Kier molecular flexibility index (Phi) is 3.14. The van der Waals surface area contributed by atoms with Crippen LogP contribution in [-0.4, -0.2) is 11.5 Å². The van der Waals surface area contributed by atoms with Gasteiger partial charge in [-0.25, -0.2) is 4.98 Å². The number of thiazole rings is 1. The van der Waals surface area contributed by atoms with Crippen molar-refractivity contribution in [2.24, 2.45) is 0 Å². The van der Waals surface area contributed by atoms with Crippen molar-refractivity contribution in [3.8, 4) is 0 Å². The van der Waals surface area contributed by atoms with Crippen LogP contribution in [0.1, 0.15) is 16.9 Å². The normalized spacial score (nSPS) is 14.6. The van der Waals surface area contributed by atoms with Crippen LogP contribution < -0.4 is 10.6 Å². The van der Waals surface area contributed by atoms with E-state index in [1.807, 2.05) is 12.3 Å². The Labute approximate surface area is 115 Å². The molecule has 0 saturated carbocycles. The van der Waals surface area contributed by atoms with Crippen molar-refractivity contribution >= 4 is 34.3 Å². The van der Waals surface area contributed by atoms with Crippen LogP contribution in [0, 0.1) is 0 Å². The Morgan fingerprint density at radius 3 is 3.11 bits per heavy atom. The Morgan fingerprint density at radius 2 is 2.33 bits per heavy atom. The number of hydrogen-bond acceptors (Lipinski definition) is 4. The second-order valence-electron chi connectivity index (χ2n) is 4.49. The summed E-state index contributed by atoms with van der Waals surface area (Å²) in [5.74, 6) is 0. The highest BCUT2D eigenvalue weighted by atomic mass is 35.5. The van der Waals surface area contributed by atoms with Gasteiger partial charge in [0.05, 0.1) is 6.54 Å². The monoisotopic (exact) mass is 279 g/mol. The lowest BCUT2D eigenvalue weighted by Crippen LogP contribution is -2.28. The number of rotatable bonds is 2. The van der Waals surface area contributed by atoms with Gasteiger partial charge in [0.15, 0.2) is 4.47 Å². The summed E-state index contributed by atoms with van der Waals surface area (Å²) in [7, 11) is 0. The molecule has 3 nitrogen and oxygen atoms in total. The number of nitrogens with zero attached hydrogens (tertiary/aromatic N) is 2. The number of fused-ring (bicyclic) bond motifs is 1. The lowest BCUT2D eigenvalue weighted by atomic mass is 10.0. The molecule has 94 valence electrons. The molecule has 0 spiro atoms. The van der Waals surface area contributed by atoms with E-state index in [0.29, 0.717) is 4.47 Å². The predicted octanol–water partition coefficient (Wildman–Crippen LogP) is 3.33. The number of nitrogens with two attached hydrogens (primary N) is 1. The minimum absolute atomic E-state index is 0.611. The summed E-state index contributed by atoms with van der Waals surface area (Å²) < 4.78 is 0.611. The zero-order valence-electron chi connectivity index (χ0n) is 9.90.